The predicted molar refractivity (Wildman–Crippen MR) is 161 cm³/mol. The SMILES string of the molecule is CN1C(=O)[C@H](CO)NC(=O)CC[C@@H](C(=O)NCCN2CCCCC2)NC(=O)c2ccccc2OC[C@H]1Cc1ccccc1. The number of rotatable bonds is 7. The maximum atomic E-state index is 13.5. The van der Waals surface area contributed by atoms with Gasteiger partial charge < -0.3 is 35.6 Å². The number of amides is 4. The predicted octanol–water partition coefficient (Wildman–Crippen LogP) is 1.11. The lowest BCUT2D eigenvalue weighted by atomic mass is 10.0. The maximum absolute atomic E-state index is 13.5. The van der Waals surface area contributed by atoms with Gasteiger partial charge >= 0.3 is 0 Å². The molecule has 4 amide bonds. The molecule has 2 aromatic rings. The fourth-order valence-electron chi connectivity index (χ4n) is 5.46. The highest BCUT2D eigenvalue weighted by molar-refractivity contribution is 5.99. The van der Waals surface area contributed by atoms with E-state index >= 15 is 0 Å². The first-order valence-electron chi connectivity index (χ1n) is 15.1. The number of aliphatic hydroxyl groups excluding tert-OH is 1. The van der Waals surface area contributed by atoms with Crippen LogP contribution in [0.1, 0.15) is 48.0 Å². The van der Waals surface area contributed by atoms with Crippen molar-refractivity contribution in [1.29, 1.82) is 0 Å². The average Bonchev–Trinajstić information content (AvgIpc) is 3.03. The Morgan fingerprint density at radius 3 is 2.47 bits per heavy atom. The number of nitrogens with one attached hydrogen (secondary N) is 3. The number of fused-ring (bicyclic) bond motifs is 1. The number of ether oxygens (including phenoxy) is 1. The third-order valence-electron chi connectivity index (χ3n) is 8.05. The van der Waals surface area contributed by atoms with Crippen LogP contribution in [0.4, 0.5) is 0 Å². The van der Waals surface area contributed by atoms with Crippen molar-refractivity contribution in [3.63, 3.8) is 0 Å². The van der Waals surface area contributed by atoms with Crippen LogP contribution in [0, 0.1) is 0 Å². The zero-order chi connectivity index (χ0) is 30.6. The summed E-state index contributed by atoms with van der Waals surface area (Å²) in [6.07, 6.45) is 3.82. The van der Waals surface area contributed by atoms with Crippen LogP contribution >= 0.6 is 0 Å². The third-order valence-corrected chi connectivity index (χ3v) is 8.05. The normalized spacial score (nSPS) is 22.7. The Balaban J connectivity index is 1.55. The summed E-state index contributed by atoms with van der Waals surface area (Å²) in [6.45, 7) is 2.59. The molecule has 1 fully saturated rings. The van der Waals surface area contributed by atoms with E-state index in [9.17, 15) is 24.3 Å². The molecule has 4 rings (SSSR count). The van der Waals surface area contributed by atoms with E-state index in [1.165, 1.54) is 11.3 Å². The van der Waals surface area contributed by atoms with Crippen molar-refractivity contribution in [3.05, 3.63) is 65.7 Å². The summed E-state index contributed by atoms with van der Waals surface area (Å²) in [5.41, 5.74) is 1.21. The minimum absolute atomic E-state index is 0.00888. The first-order chi connectivity index (χ1) is 20.9. The molecule has 3 atom stereocenters. The summed E-state index contributed by atoms with van der Waals surface area (Å²) >= 11 is 0. The molecule has 232 valence electrons. The molecule has 2 aliphatic rings. The van der Waals surface area contributed by atoms with Crippen LogP contribution in [0.2, 0.25) is 0 Å². The topological polar surface area (TPSA) is 140 Å². The second kappa shape index (κ2) is 16.0. The van der Waals surface area contributed by atoms with Gasteiger partial charge in [-0.25, -0.2) is 0 Å². The van der Waals surface area contributed by atoms with Crippen LogP contribution in [0.3, 0.4) is 0 Å². The molecule has 0 bridgehead atoms. The first kappa shape index (κ1) is 32.0. The summed E-state index contributed by atoms with van der Waals surface area (Å²) < 4.78 is 6.14. The molecule has 4 N–H and O–H groups in total. The van der Waals surface area contributed by atoms with Gasteiger partial charge in [-0.1, -0.05) is 48.9 Å². The number of hydrogen-bond donors (Lipinski definition) is 4. The van der Waals surface area contributed by atoms with E-state index in [2.05, 4.69) is 20.9 Å². The van der Waals surface area contributed by atoms with Crippen molar-refractivity contribution in [2.24, 2.45) is 0 Å². The summed E-state index contributed by atoms with van der Waals surface area (Å²) in [5.74, 6) is -1.55. The quantitative estimate of drug-likeness (QED) is 0.377. The van der Waals surface area contributed by atoms with Gasteiger partial charge in [0.2, 0.25) is 17.7 Å². The largest absolute Gasteiger partial charge is 0.491 e. The monoisotopic (exact) mass is 593 g/mol. The number of benzene rings is 2. The molecule has 2 aromatic carbocycles. The van der Waals surface area contributed by atoms with Gasteiger partial charge in [-0.2, -0.15) is 0 Å². The average molecular weight is 594 g/mol. The highest BCUT2D eigenvalue weighted by Crippen LogP contribution is 2.21. The minimum atomic E-state index is -1.17. The Morgan fingerprint density at radius 2 is 1.72 bits per heavy atom. The lowest BCUT2D eigenvalue weighted by molar-refractivity contribution is -0.138. The standard InChI is InChI=1S/C32H43N5O6/c1-36-24(20-23-10-4-2-5-11-23)22-43-28-13-7-6-12-25(28)30(40)35-26(14-15-29(39)34-27(21-38)32(36)42)31(41)33-16-19-37-17-8-3-9-18-37/h2,4-7,10-13,24,26-27,38H,3,8-9,14-22H2,1H3,(H,33,41)(H,34,39)(H,35,40)/t24-,26+,27+/m1/s1. The van der Waals surface area contributed by atoms with E-state index in [-0.39, 0.29) is 25.0 Å². The van der Waals surface area contributed by atoms with Gasteiger partial charge in [0.25, 0.3) is 5.91 Å². The zero-order valence-corrected chi connectivity index (χ0v) is 24.8. The van der Waals surface area contributed by atoms with E-state index in [1.54, 1.807) is 31.3 Å². The van der Waals surface area contributed by atoms with Crippen LogP contribution in [0.15, 0.2) is 54.6 Å². The molecule has 0 aromatic heterocycles. The number of likely N-dealkylation sites (tertiary alicyclic amines) is 1. The number of likely N-dealkylation sites (N-methyl/N-ethyl adjacent to an activating group) is 1. The minimum Gasteiger partial charge on any atom is -0.491 e. The number of piperidine rings is 1. The summed E-state index contributed by atoms with van der Waals surface area (Å²) in [6, 6.07) is 13.7. The Kier molecular flexibility index (Phi) is 11.9. The molecule has 0 spiro atoms. The second-order valence-electron chi connectivity index (χ2n) is 11.2. The Labute approximate surface area is 252 Å². The van der Waals surface area contributed by atoms with E-state index < -0.39 is 48.4 Å². The van der Waals surface area contributed by atoms with Crippen molar-refractivity contribution in [3.8, 4) is 5.75 Å². The van der Waals surface area contributed by atoms with Gasteiger partial charge in [-0.3, -0.25) is 19.2 Å². The van der Waals surface area contributed by atoms with Crippen molar-refractivity contribution in [1.82, 2.24) is 25.8 Å². The number of nitrogens with zero attached hydrogens (tertiary/aromatic N) is 2. The lowest BCUT2D eigenvalue weighted by Gasteiger charge is -2.31. The first-order valence-corrected chi connectivity index (χ1v) is 15.1. The van der Waals surface area contributed by atoms with Crippen molar-refractivity contribution < 1.29 is 29.0 Å². The molecule has 11 heteroatoms. The highest BCUT2D eigenvalue weighted by atomic mass is 16.5. The summed E-state index contributed by atoms with van der Waals surface area (Å²) in [4.78, 5) is 56.8. The fraction of sp³-hybridized carbons (Fsp3) is 0.500. The van der Waals surface area contributed by atoms with Gasteiger partial charge in [-0.05, 0) is 56.5 Å². The number of carbonyl (C=O) groups excluding carboxylic acids is 4. The number of aliphatic hydroxyl groups is 1. The summed E-state index contributed by atoms with van der Waals surface area (Å²) in [7, 11) is 1.61. The molecule has 43 heavy (non-hydrogen) atoms. The van der Waals surface area contributed by atoms with Crippen LogP contribution in [-0.4, -0.2) is 103 Å². The molecule has 0 unspecified atom stereocenters. The molecular formula is C32H43N5O6. The van der Waals surface area contributed by atoms with Crippen LogP contribution < -0.4 is 20.7 Å². The van der Waals surface area contributed by atoms with Crippen molar-refractivity contribution >= 4 is 23.6 Å². The van der Waals surface area contributed by atoms with Crippen molar-refractivity contribution in [2.45, 2.75) is 56.7 Å². The van der Waals surface area contributed by atoms with Gasteiger partial charge in [0.15, 0.2) is 0 Å². The lowest BCUT2D eigenvalue weighted by Crippen LogP contribution is -2.54. The van der Waals surface area contributed by atoms with E-state index in [1.807, 2.05) is 30.3 Å². The van der Waals surface area contributed by atoms with Crippen LogP contribution in [-0.2, 0) is 20.8 Å². The smallest absolute Gasteiger partial charge is 0.255 e. The van der Waals surface area contributed by atoms with Gasteiger partial charge in [0, 0.05) is 26.6 Å². The Bertz CT molecular complexity index is 1240. The van der Waals surface area contributed by atoms with E-state index in [4.69, 9.17) is 4.74 Å². The molecule has 2 aliphatic heterocycles. The molecule has 11 nitrogen and oxygen atoms in total. The fourth-order valence-corrected chi connectivity index (χ4v) is 5.46. The maximum Gasteiger partial charge on any atom is 0.255 e. The molecule has 2 heterocycles. The Morgan fingerprint density at radius 1 is 1.00 bits per heavy atom. The molecule has 0 saturated carbocycles. The van der Waals surface area contributed by atoms with E-state index in [0.29, 0.717) is 25.3 Å². The van der Waals surface area contributed by atoms with Crippen molar-refractivity contribution in [2.75, 3.05) is 46.4 Å². The summed E-state index contributed by atoms with van der Waals surface area (Å²) in [5, 5.41) is 18.3. The van der Waals surface area contributed by atoms with E-state index in [0.717, 1.165) is 31.5 Å². The number of hydrogen-bond acceptors (Lipinski definition) is 7. The number of carbonyl (C=O) groups is 4. The Hall–Kier alpha value is -3.96. The highest BCUT2D eigenvalue weighted by Gasteiger charge is 2.31. The second-order valence-corrected chi connectivity index (χ2v) is 11.2. The third kappa shape index (κ3) is 9.26. The number of para-hydroxylation sites is 1. The van der Waals surface area contributed by atoms with Gasteiger partial charge in [0.1, 0.15) is 24.4 Å². The molecule has 0 radical (unpaired) electrons. The molecular weight excluding hydrogens is 550 g/mol. The zero-order valence-electron chi connectivity index (χ0n) is 24.8. The van der Waals surface area contributed by atoms with Gasteiger partial charge in [0.05, 0.1) is 18.2 Å². The van der Waals surface area contributed by atoms with Gasteiger partial charge in [-0.15, -0.1) is 0 Å². The van der Waals surface area contributed by atoms with Crippen LogP contribution in [0.5, 0.6) is 5.75 Å². The molecule has 0 aliphatic carbocycles. The van der Waals surface area contributed by atoms with Crippen LogP contribution in [0.25, 0.3) is 0 Å². The molecule has 1 saturated heterocycles.